The molecule has 1 aromatic rings. The average Bonchev–Trinajstić information content (AvgIpc) is 2.30. The van der Waals surface area contributed by atoms with Gasteiger partial charge in [0.2, 0.25) is 0 Å². The first-order valence-electron chi connectivity index (χ1n) is 5.37. The van der Waals surface area contributed by atoms with Crippen LogP contribution in [0, 0.1) is 0 Å². The first kappa shape index (κ1) is 13.2. The van der Waals surface area contributed by atoms with E-state index in [2.05, 4.69) is 10.1 Å². The standard InChI is InChI=1S/C11H16N2O4/c1-2-17-11(16)12-7-9(14)8-13-6-4-3-5-10(13)15/h3-6,9,14H,2,7-8H2,1H3,(H,12,16). The molecule has 0 aromatic carbocycles. The maximum atomic E-state index is 11.3. The van der Waals surface area contributed by atoms with Gasteiger partial charge < -0.3 is 19.7 Å². The molecule has 2 N–H and O–H groups in total. The Balaban J connectivity index is 2.40. The van der Waals surface area contributed by atoms with E-state index in [0.717, 1.165) is 0 Å². The zero-order valence-electron chi connectivity index (χ0n) is 9.63. The molecule has 0 saturated carbocycles. The van der Waals surface area contributed by atoms with Crippen molar-refractivity contribution in [1.82, 2.24) is 9.88 Å². The molecule has 1 amide bonds. The van der Waals surface area contributed by atoms with Crippen molar-refractivity contribution in [3.05, 3.63) is 34.7 Å². The van der Waals surface area contributed by atoms with E-state index in [1.54, 1.807) is 25.3 Å². The number of hydrogen-bond donors (Lipinski definition) is 2. The molecule has 0 spiro atoms. The van der Waals surface area contributed by atoms with E-state index in [-0.39, 0.29) is 25.3 Å². The summed E-state index contributed by atoms with van der Waals surface area (Å²) in [6.45, 7) is 2.14. The van der Waals surface area contributed by atoms with Crippen molar-refractivity contribution in [2.24, 2.45) is 0 Å². The number of aliphatic hydroxyl groups excluding tert-OH is 1. The van der Waals surface area contributed by atoms with Crippen molar-refractivity contribution < 1.29 is 14.6 Å². The van der Waals surface area contributed by atoms with Crippen molar-refractivity contribution >= 4 is 6.09 Å². The molecule has 1 unspecified atom stereocenters. The number of amides is 1. The number of hydrogen-bond acceptors (Lipinski definition) is 4. The van der Waals surface area contributed by atoms with Crippen molar-refractivity contribution in [2.75, 3.05) is 13.2 Å². The Morgan fingerprint density at radius 1 is 1.59 bits per heavy atom. The molecule has 6 heteroatoms. The van der Waals surface area contributed by atoms with Gasteiger partial charge in [0.1, 0.15) is 0 Å². The van der Waals surface area contributed by atoms with Crippen molar-refractivity contribution in [1.29, 1.82) is 0 Å². The maximum Gasteiger partial charge on any atom is 0.407 e. The molecule has 0 saturated heterocycles. The number of nitrogens with one attached hydrogen (secondary N) is 1. The highest BCUT2D eigenvalue weighted by Gasteiger charge is 2.08. The summed E-state index contributed by atoms with van der Waals surface area (Å²) in [7, 11) is 0. The van der Waals surface area contributed by atoms with Crippen molar-refractivity contribution in [3.8, 4) is 0 Å². The van der Waals surface area contributed by atoms with Gasteiger partial charge in [-0.2, -0.15) is 0 Å². The van der Waals surface area contributed by atoms with Gasteiger partial charge in [0.15, 0.2) is 0 Å². The molecule has 1 heterocycles. The molecule has 1 rings (SSSR count). The van der Waals surface area contributed by atoms with Gasteiger partial charge in [-0.25, -0.2) is 4.79 Å². The zero-order chi connectivity index (χ0) is 12.7. The van der Waals surface area contributed by atoms with Gasteiger partial charge in [-0.1, -0.05) is 6.07 Å². The quantitative estimate of drug-likeness (QED) is 0.756. The lowest BCUT2D eigenvalue weighted by molar-refractivity contribution is 0.126. The molecule has 0 aliphatic carbocycles. The summed E-state index contributed by atoms with van der Waals surface area (Å²) >= 11 is 0. The largest absolute Gasteiger partial charge is 0.450 e. The topological polar surface area (TPSA) is 80.6 Å². The smallest absolute Gasteiger partial charge is 0.407 e. The number of carbonyl (C=O) groups excluding carboxylic acids is 1. The summed E-state index contributed by atoms with van der Waals surface area (Å²) in [6, 6.07) is 4.74. The Morgan fingerprint density at radius 2 is 2.35 bits per heavy atom. The molecular formula is C11H16N2O4. The number of carbonyl (C=O) groups is 1. The molecule has 0 fully saturated rings. The highest BCUT2D eigenvalue weighted by Crippen LogP contribution is 1.89. The monoisotopic (exact) mass is 240 g/mol. The van der Waals surface area contributed by atoms with E-state index in [1.807, 2.05) is 0 Å². The summed E-state index contributed by atoms with van der Waals surface area (Å²) in [6.07, 6.45) is 0.169. The number of aromatic nitrogens is 1. The fraction of sp³-hybridized carbons (Fsp3) is 0.455. The number of nitrogens with zero attached hydrogens (tertiary/aromatic N) is 1. The normalized spacial score (nSPS) is 11.9. The van der Waals surface area contributed by atoms with Gasteiger partial charge in [-0.3, -0.25) is 4.79 Å². The number of ether oxygens (including phenoxy) is 1. The number of aliphatic hydroxyl groups is 1. The Bertz CT molecular complexity index is 416. The molecule has 1 atom stereocenters. The molecule has 0 bridgehead atoms. The minimum atomic E-state index is -0.834. The van der Waals surface area contributed by atoms with Gasteiger partial charge in [0.05, 0.1) is 19.3 Å². The molecule has 17 heavy (non-hydrogen) atoms. The van der Waals surface area contributed by atoms with Crippen LogP contribution in [-0.4, -0.2) is 35.0 Å². The van der Waals surface area contributed by atoms with Gasteiger partial charge in [0, 0.05) is 18.8 Å². The van der Waals surface area contributed by atoms with E-state index in [4.69, 9.17) is 0 Å². The first-order valence-corrected chi connectivity index (χ1v) is 5.37. The van der Waals surface area contributed by atoms with Crippen LogP contribution in [0.4, 0.5) is 4.79 Å². The summed E-state index contributed by atoms with van der Waals surface area (Å²) in [5.41, 5.74) is -0.192. The Kier molecular flexibility index (Phi) is 5.22. The third-order valence-electron chi connectivity index (χ3n) is 2.06. The zero-order valence-corrected chi connectivity index (χ0v) is 9.63. The molecule has 0 aliphatic heterocycles. The molecule has 1 aromatic heterocycles. The minimum Gasteiger partial charge on any atom is -0.450 e. The Labute approximate surface area is 98.8 Å². The van der Waals surface area contributed by atoms with Gasteiger partial charge in [-0.15, -0.1) is 0 Å². The summed E-state index contributed by atoms with van der Waals surface area (Å²) in [5, 5.41) is 12.0. The van der Waals surface area contributed by atoms with Crippen LogP contribution in [0.5, 0.6) is 0 Å². The summed E-state index contributed by atoms with van der Waals surface area (Å²) in [4.78, 5) is 22.3. The van der Waals surface area contributed by atoms with Crippen LogP contribution in [0.2, 0.25) is 0 Å². The fourth-order valence-corrected chi connectivity index (χ4v) is 1.29. The van der Waals surface area contributed by atoms with E-state index in [9.17, 15) is 14.7 Å². The summed E-state index contributed by atoms with van der Waals surface area (Å²) in [5.74, 6) is 0. The van der Waals surface area contributed by atoms with E-state index < -0.39 is 12.2 Å². The molecule has 6 nitrogen and oxygen atoms in total. The maximum absolute atomic E-state index is 11.3. The second-order valence-corrected chi connectivity index (χ2v) is 3.45. The van der Waals surface area contributed by atoms with Crippen LogP contribution >= 0.6 is 0 Å². The van der Waals surface area contributed by atoms with Gasteiger partial charge in [-0.05, 0) is 13.0 Å². The fourth-order valence-electron chi connectivity index (χ4n) is 1.29. The SMILES string of the molecule is CCOC(=O)NCC(O)Cn1ccccc1=O. The predicted octanol–water partition coefficient (Wildman–Crippen LogP) is -0.0447. The Hall–Kier alpha value is -1.82. The number of alkyl carbamates (subject to hydrolysis) is 1. The molecule has 0 radical (unpaired) electrons. The minimum absolute atomic E-state index is 0.0418. The third kappa shape index (κ3) is 4.69. The van der Waals surface area contributed by atoms with Crippen LogP contribution in [0.15, 0.2) is 29.2 Å². The van der Waals surface area contributed by atoms with E-state index >= 15 is 0 Å². The number of pyridine rings is 1. The second-order valence-electron chi connectivity index (χ2n) is 3.45. The van der Waals surface area contributed by atoms with Crippen LogP contribution < -0.4 is 10.9 Å². The lowest BCUT2D eigenvalue weighted by Crippen LogP contribution is -2.36. The lowest BCUT2D eigenvalue weighted by atomic mass is 10.3. The number of rotatable bonds is 5. The van der Waals surface area contributed by atoms with Crippen LogP contribution in [-0.2, 0) is 11.3 Å². The van der Waals surface area contributed by atoms with Gasteiger partial charge in [0.25, 0.3) is 5.56 Å². The van der Waals surface area contributed by atoms with Crippen LogP contribution in [0.1, 0.15) is 6.92 Å². The molecular weight excluding hydrogens is 224 g/mol. The third-order valence-corrected chi connectivity index (χ3v) is 2.06. The average molecular weight is 240 g/mol. The lowest BCUT2D eigenvalue weighted by Gasteiger charge is -2.13. The second kappa shape index (κ2) is 6.70. The van der Waals surface area contributed by atoms with Gasteiger partial charge >= 0.3 is 6.09 Å². The van der Waals surface area contributed by atoms with E-state index in [0.29, 0.717) is 0 Å². The highest BCUT2D eigenvalue weighted by molar-refractivity contribution is 5.67. The Morgan fingerprint density at radius 3 is 3.00 bits per heavy atom. The van der Waals surface area contributed by atoms with E-state index in [1.165, 1.54) is 10.6 Å². The van der Waals surface area contributed by atoms with Crippen LogP contribution in [0.3, 0.4) is 0 Å². The van der Waals surface area contributed by atoms with Crippen molar-refractivity contribution in [3.63, 3.8) is 0 Å². The van der Waals surface area contributed by atoms with Crippen LogP contribution in [0.25, 0.3) is 0 Å². The predicted molar refractivity (Wildman–Crippen MR) is 61.7 cm³/mol. The summed E-state index contributed by atoms with van der Waals surface area (Å²) < 4.78 is 6.01. The molecule has 0 aliphatic rings. The molecule has 94 valence electrons. The first-order chi connectivity index (χ1) is 8.13. The highest BCUT2D eigenvalue weighted by atomic mass is 16.5. The van der Waals surface area contributed by atoms with Crippen molar-refractivity contribution in [2.45, 2.75) is 19.6 Å².